The van der Waals surface area contributed by atoms with Crippen LogP contribution in [0.25, 0.3) is 0 Å². The lowest BCUT2D eigenvalue weighted by molar-refractivity contribution is -0.155. The lowest BCUT2D eigenvalue weighted by Gasteiger charge is -2.36. The van der Waals surface area contributed by atoms with Gasteiger partial charge in [0.15, 0.2) is 5.60 Å². The Morgan fingerprint density at radius 2 is 1.49 bits per heavy atom. The van der Waals surface area contributed by atoms with E-state index in [0.29, 0.717) is 30.0 Å². The van der Waals surface area contributed by atoms with Crippen LogP contribution in [0.1, 0.15) is 55.9 Å². The smallest absolute Gasteiger partial charge is 0.407 e. The van der Waals surface area contributed by atoms with E-state index in [0.717, 1.165) is 16.7 Å². The van der Waals surface area contributed by atoms with E-state index < -0.39 is 29.3 Å². The van der Waals surface area contributed by atoms with Gasteiger partial charge in [-0.2, -0.15) is 0 Å². The van der Waals surface area contributed by atoms with Gasteiger partial charge in [-0.3, -0.25) is 4.79 Å². The quantitative estimate of drug-likeness (QED) is 0.201. The van der Waals surface area contributed by atoms with Crippen LogP contribution < -0.4 is 11.1 Å². The topological polar surface area (TPSA) is 90.6 Å². The molecule has 3 aromatic rings. The average molecular weight is 523 g/mol. The third-order valence-corrected chi connectivity index (χ3v) is 6.14. The first-order valence-electron chi connectivity index (χ1n) is 12.4. The Morgan fingerprint density at radius 1 is 0.892 bits per heavy atom. The molecule has 0 aliphatic heterocycles. The number of carbonyl (C=O) groups is 2. The zero-order valence-corrected chi connectivity index (χ0v) is 22.5. The zero-order valence-electron chi connectivity index (χ0n) is 21.8. The predicted octanol–water partition coefficient (Wildman–Crippen LogP) is 6.12. The first kappa shape index (κ1) is 28.2. The summed E-state index contributed by atoms with van der Waals surface area (Å²) in [6.07, 6.45) is 0.283. The van der Waals surface area contributed by atoms with E-state index in [9.17, 15) is 9.59 Å². The molecule has 0 aromatic heterocycles. The summed E-state index contributed by atoms with van der Waals surface area (Å²) >= 11 is 6.71. The fourth-order valence-electron chi connectivity index (χ4n) is 4.03. The highest BCUT2D eigenvalue weighted by Gasteiger charge is 2.43. The molecule has 0 saturated carbocycles. The van der Waals surface area contributed by atoms with E-state index >= 15 is 0 Å². The first-order chi connectivity index (χ1) is 17.5. The Morgan fingerprint density at radius 3 is 2.11 bits per heavy atom. The molecule has 3 rings (SSSR count). The van der Waals surface area contributed by atoms with Crippen molar-refractivity contribution in [3.63, 3.8) is 0 Å². The number of alkyl carbamates (subject to hydrolysis) is 1. The number of rotatable bonds is 9. The van der Waals surface area contributed by atoms with Gasteiger partial charge in [0, 0.05) is 28.3 Å². The molecule has 3 aromatic carbocycles. The molecule has 0 bridgehead atoms. The van der Waals surface area contributed by atoms with Gasteiger partial charge in [0.2, 0.25) is 0 Å². The van der Waals surface area contributed by atoms with Gasteiger partial charge in [0.1, 0.15) is 11.6 Å². The van der Waals surface area contributed by atoms with Crippen molar-refractivity contribution in [2.75, 3.05) is 6.54 Å². The van der Waals surface area contributed by atoms with Crippen molar-refractivity contribution in [1.29, 1.82) is 0 Å². The number of amides is 1. The largest absolute Gasteiger partial charge is 0.444 e. The molecule has 0 saturated heterocycles. The van der Waals surface area contributed by atoms with Crippen LogP contribution in [0.5, 0.6) is 0 Å². The standard InChI is InChI=1S/C30H35ClN2O4/c1-21-16-18-23(19-17-21)30(22-11-6-5-7-12-22,24-13-8-9-14-25(24)31)36-27(34)26(32)15-10-20-33-28(35)37-29(2,3)4/h5-9,11-14,16-19,26H,10,15,20,32H2,1-4H3,(H,33,35)/t26-,30?/m0/s1. The van der Waals surface area contributed by atoms with Crippen LogP contribution in [0, 0.1) is 6.92 Å². The zero-order chi connectivity index (χ0) is 27.1. The highest BCUT2D eigenvalue weighted by atomic mass is 35.5. The van der Waals surface area contributed by atoms with Gasteiger partial charge in [-0.05, 0) is 46.6 Å². The maximum absolute atomic E-state index is 13.5. The van der Waals surface area contributed by atoms with Crippen LogP contribution in [0.3, 0.4) is 0 Å². The van der Waals surface area contributed by atoms with E-state index in [1.54, 1.807) is 26.8 Å². The summed E-state index contributed by atoms with van der Waals surface area (Å²) in [4.78, 5) is 25.4. The van der Waals surface area contributed by atoms with Gasteiger partial charge in [0.25, 0.3) is 0 Å². The Balaban J connectivity index is 1.88. The summed E-state index contributed by atoms with van der Waals surface area (Å²) in [6.45, 7) is 7.71. The molecule has 0 fully saturated rings. The number of aryl methyl sites for hydroxylation is 1. The lowest BCUT2D eigenvalue weighted by atomic mass is 9.79. The van der Waals surface area contributed by atoms with Gasteiger partial charge in [-0.15, -0.1) is 0 Å². The van der Waals surface area contributed by atoms with E-state index in [1.807, 2.05) is 79.7 Å². The molecule has 0 heterocycles. The highest BCUT2D eigenvalue weighted by molar-refractivity contribution is 6.31. The lowest BCUT2D eigenvalue weighted by Crippen LogP contribution is -2.42. The van der Waals surface area contributed by atoms with Gasteiger partial charge >= 0.3 is 12.1 Å². The van der Waals surface area contributed by atoms with Crippen molar-refractivity contribution in [3.05, 3.63) is 106 Å². The van der Waals surface area contributed by atoms with Crippen LogP contribution >= 0.6 is 11.6 Å². The Hall–Kier alpha value is -3.35. The molecule has 0 aliphatic rings. The van der Waals surface area contributed by atoms with Crippen molar-refractivity contribution in [2.45, 2.75) is 57.8 Å². The molecule has 1 amide bonds. The summed E-state index contributed by atoms with van der Waals surface area (Å²) in [5.74, 6) is -0.568. The highest BCUT2D eigenvalue weighted by Crippen LogP contribution is 2.43. The third-order valence-electron chi connectivity index (χ3n) is 5.81. The second-order valence-electron chi connectivity index (χ2n) is 9.99. The summed E-state index contributed by atoms with van der Waals surface area (Å²) < 4.78 is 11.6. The van der Waals surface area contributed by atoms with Crippen molar-refractivity contribution in [1.82, 2.24) is 5.32 Å². The molecule has 196 valence electrons. The molecule has 0 radical (unpaired) electrons. The number of nitrogens with one attached hydrogen (secondary N) is 1. The number of halogens is 1. The maximum Gasteiger partial charge on any atom is 0.407 e. The second-order valence-corrected chi connectivity index (χ2v) is 10.4. The third kappa shape index (κ3) is 7.34. The van der Waals surface area contributed by atoms with Crippen molar-refractivity contribution < 1.29 is 19.1 Å². The monoisotopic (exact) mass is 522 g/mol. The predicted molar refractivity (Wildman–Crippen MR) is 146 cm³/mol. The number of carbonyl (C=O) groups excluding carboxylic acids is 2. The van der Waals surface area contributed by atoms with Gasteiger partial charge in [0.05, 0.1) is 0 Å². The van der Waals surface area contributed by atoms with E-state index in [-0.39, 0.29) is 0 Å². The number of esters is 1. The van der Waals surface area contributed by atoms with E-state index in [4.69, 9.17) is 26.8 Å². The normalized spacial score (nSPS) is 13.8. The number of nitrogens with two attached hydrogens (primary N) is 1. The summed E-state index contributed by atoms with van der Waals surface area (Å²) in [7, 11) is 0. The minimum Gasteiger partial charge on any atom is -0.444 e. The summed E-state index contributed by atoms with van der Waals surface area (Å²) in [6, 6.07) is 23.8. The molecule has 3 N–H and O–H groups in total. The molecule has 7 heteroatoms. The Labute approximate surface area is 224 Å². The molecule has 1 unspecified atom stereocenters. The number of ether oxygens (including phenoxy) is 2. The molecular formula is C30H35ClN2O4. The first-order valence-corrected chi connectivity index (χ1v) is 12.7. The van der Waals surface area contributed by atoms with E-state index in [1.165, 1.54) is 0 Å². The number of benzene rings is 3. The molecule has 2 atom stereocenters. The van der Waals surface area contributed by atoms with Crippen LogP contribution in [0.15, 0.2) is 78.9 Å². The minimum absolute atomic E-state index is 0.315. The fraction of sp³-hybridized carbons (Fsp3) is 0.333. The molecular weight excluding hydrogens is 488 g/mol. The summed E-state index contributed by atoms with van der Waals surface area (Å²) in [5, 5.41) is 3.15. The Kier molecular flexibility index (Phi) is 9.35. The van der Waals surface area contributed by atoms with E-state index in [2.05, 4.69) is 5.32 Å². The van der Waals surface area contributed by atoms with Crippen molar-refractivity contribution in [3.8, 4) is 0 Å². The Bertz CT molecular complexity index is 1190. The van der Waals surface area contributed by atoms with Crippen LogP contribution in [0.2, 0.25) is 5.02 Å². The van der Waals surface area contributed by atoms with Crippen molar-refractivity contribution >= 4 is 23.7 Å². The SMILES string of the molecule is Cc1ccc(C(OC(=O)[C@@H](N)CCCNC(=O)OC(C)(C)C)(c2ccccc2)c2ccccc2Cl)cc1. The fourth-order valence-corrected chi connectivity index (χ4v) is 4.30. The van der Waals surface area contributed by atoms with Crippen LogP contribution in [-0.4, -0.2) is 30.3 Å². The van der Waals surface area contributed by atoms with Gasteiger partial charge < -0.3 is 20.5 Å². The molecule has 37 heavy (non-hydrogen) atoms. The maximum atomic E-state index is 13.5. The minimum atomic E-state index is -1.31. The van der Waals surface area contributed by atoms with Crippen molar-refractivity contribution in [2.24, 2.45) is 5.73 Å². The van der Waals surface area contributed by atoms with Gasteiger partial charge in [-0.1, -0.05) is 90.0 Å². The van der Waals surface area contributed by atoms with Gasteiger partial charge in [-0.25, -0.2) is 4.79 Å². The number of hydrogen-bond acceptors (Lipinski definition) is 5. The molecule has 0 aliphatic carbocycles. The summed E-state index contributed by atoms with van der Waals surface area (Å²) in [5.41, 5.74) is 7.61. The van der Waals surface area contributed by atoms with Crippen LogP contribution in [-0.2, 0) is 19.9 Å². The molecule has 0 spiro atoms. The van der Waals surface area contributed by atoms with Crippen LogP contribution in [0.4, 0.5) is 4.79 Å². The number of hydrogen-bond donors (Lipinski definition) is 2. The molecule has 6 nitrogen and oxygen atoms in total. The average Bonchev–Trinajstić information content (AvgIpc) is 2.85. The second kappa shape index (κ2) is 12.3.